The lowest BCUT2D eigenvalue weighted by atomic mass is 10.1. The molecule has 0 radical (unpaired) electrons. The first-order valence-electron chi connectivity index (χ1n) is 7.28. The van der Waals surface area contributed by atoms with Crippen molar-refractivity contribution in [3.8, 4) is 5.75 Å². The van der Waals surface area contributed by atoms with E-state index in [0.29, 0.717) is 19.0 Å². The van der Waals surface area contributed by atoms with Crippen molar-refractivity contribution in [2.45, 2.75) is 13.0 Å². The quantitative estimate of drug-likeness (QED) is 0.819. The highest BCUT2D eigenvalue weighted by Gasteiger charge is 2.15. The predicted molar refractivity (Wildman–Crippen MR) is 86.4 cm³/mol. The third-order valence-corrected chi connectivity index (χ3v) is 3.06. The number of hydrogen-bond donors (Lipinski definition) is 2. The molecule has 7 nitrogen and oxygen atoms in total. The number of methoxy groups -OCH3 is 1. The van der Waals surface area contributed by atoms with E-state index >= 15 is 0 Å². The molecule has 0 saturated heterocycles. The van der Waals surface area contributed by atoms with Gasteiger partial charge in [-0.05, 0) is 30.7 Å². The first-order chi connectivity index (χ1) is 11.2. The second-order valence-electron chi connectivity index (χ2n) is 4.70. The van der Waals surface area contributed by atoms with Gasteiger partial charge in [0.15, 0.2) is 0 Å². The van der Waals surface area contributed by atoms with Gasteiger partial charge in [0.2, 0.25) is 0 Å². The van der Waals surface area contributed by atoms with Gasteiger partial charge in [0.05, 0.1) is 19.3 Å². The summed E-state index contributed by atoms with van der Waals surface area (Å²) in [6, 6.07) is 8.51. The number of nitrogens with zero attached hydrogens (tertiary/aromatic N) is 2. The molecule has 2 rings (SSSR count). The minimum atomic E-state index is -0.361. The first-order valence-corrected chi connectivity index (χ1v) is 7.28. The van der Waals surface area contributed by atoms with E-state index in [0.717, 1.165) is 11.3 Å². The van der Waals surface area contributed by atoms with Gasteiger partial charge in [-0.15, -0.1) is 0 Å². The molecule has 1 atom stereocenters. The van der Waals surface area contributed by atoms with E-state index in [2.05, 4.69) is 20.6 Å². The van der Waals surface area contributed by atoms with E-state index in [1.54, 1.807) is 19.4 Å². The van der Waals surface area contributed by atoms with Crippen molar-refractivity contribution in [3.63, 3.8) is 0 Å². The summed E-state index contributed by atoms with van der Waals surface area (Å²) in [6.07, 6.45) is 2.93. The second-order valence-corrected chi connectivity index (χ2v) is 4.70. The summed E-state index contributed by atoms with van der Waals surface area (Å²) in [4.78, 5) is 19.8. The monoisotopic (exact) mass is 316 g/mol. The molecule has 0 aliphatic rings. The number of benzene rings is 1. The second kappa shape index (κ2) is 8.70. The van der Waals surface area contributed by atoms with Crippen LogP contribution in [0.25, 0.3) is 0 Å². The number of ether oxygens (including phenoxy) is 2. The molecule has 2 aromatic rings. The minimum absolute atomic E-state index is 0.280. The molecule has 0 saturated carbocycles. The van der Waals surface area contributed by atoms with Gasteiger partial charge >= 0.3 is 6.03 Å². The van der Waals surface area contributed by atoms with E-state index in [1.807, 2.05) is 31.2 Å². The third kappa shape index (κ3) is 5.23. The molecule has 2 N–H and O–H groups in total. The number of anilines is 1. The fraction of sp³-hybridized carbons (Fsp3) is 0.312. The Labute approximate surface area is 135 Å². The van der Waals surface area contributed by atoms with E-state index < -0.39 is 0 Å². The summed E-state index contributed by atoms with van der Waals surface area (Å²) in [5.74, 6) is 1.22. The molecule has 1 heterocycles. The van der Waals surface area contributed by atoms with Crippen LogP contribution in [0.5, 0.6) is 5.75 Å². The Morgan fingerprint density at radius 2 is 2.04 bits per heavy atom. The summed E-state index contributed by atoms with van der Waals surface area (Å²) in [5, 5.41) is 5.51. The van der Waals surface area contributed by atoms with Gasteiger partial charge in [-0.2, -0.15) is 0 Å². The molecule has 0 aliphatic carbocycles. The van der Waals surface area contributed by atoms with E-state index in [4.69, 9.17) is 9.47 Å². The van der Waals surface area contributed by atoms with Gasteiger partial charge in [-0.1, -0.05) is 12.1 Å². The SMILES string of the molecule is CCOc1ccc(C(COC)NC(=O)Nc2ccncn2)cc1. The summed E-state index contributed by atoms with van der Waals surface area (Å²) >= 11 is 0. The Morgan fingerprint density at radius 1 is 1.26 bits per heavy atom. The number of urea groups is 1. The van der Waals surface area contributed by atoms with Crippen LogP contribution in [0.15, 0.2) is 42.9 Å². The summed E-state index contributed by atoms with van der Waals surface area (Å²) in [7, 11) is 1.59. The number of amides is 2. The van der Waals surface area contributed by atoms with Gasteiger partial charge in [0, 0.05) is 13.3 Å². The first kappa shape index (κ1) is 16.7. The van der Waals surface area contributed by atoms with E-state index in [9.17, 15) is 4.79 Å². The van der Waals surface area contributed by atoms with Crippen LogP contribution in [0.2, 0.25) is 0 Å². The number of carbonyl (C=O) groups excluding carboxylic acids is 1. The van der Waals surface area contributed by atoms with Crippen molar-refractivity contribution in [2.24, 2.45) is 0 Å². The zero-order chi connectivity index (χ0) is 16.5. The van der Waals surface area contributed by atoms with Crippen LogP contribution in [-0.2, 0) is 4.74 Å². The summed E-state index contributed by atoms with van der Waals surface area (Å²) in [6.45, 7) is 2.90. The van der Waals surface area contributed by atoms with Crippen LogP contribution >= 0.6 is 0 Å². The largest absolute Gasteiger partial charge is 0.494 e. The van der Waals surface area contributed by atoms with Crippen molar-refractivity contribution in [1.29, 1.82) is 0 Å². The van der Waals surface area contributed by atoms with Crippen LogP contribution in [0.1, 0.15) is 18.5 Å². The highest BCUT2D eigenvalue weighted by Crippen LogP contribution is 2.18. The van der Waals surface area contributed by atoms with Crippen LogP contribution in [0.3, 0.4) is 0 Å². The van der Waals surface area contributed by atoms with Gasteiger partial charge in [-0.3, -0.25) is 5.32 Å². The maximum absolute atomic E-state index is 12.1. The molecular weight excluding hydrogens is 296 g/mol. The molecule has 0 aliphatic heterocycles. The molecule has 0 fully saturated rings. The average Bonchev–Trinajstić information content (AvgIpc) is 2.56. The normalized spacial score (nSPS) is 11.6. The van der Waals surface area contributed by atoms with Crippen LogP contribution in [-0.4, -0.2) is 36.3 Å². The molecule has 0 bridgehead atoms. The summed E-state index contributed by atoms with van der Waals surface area (Å²) < 4.78 is 10.6. The Kier molecular flexibility index (Phi) is 6.31. The lowest BCUT2D eigenvalue weighted by Gasteiger charge is -2.19. The Morgan fingerprint density at radius 3 is 2.65 bits per heavy atom. The lowest BCUT2D eigenvalue weighted by molar-refractivity contribution is 0.168. The Bertz CT molecular complexity index is 604. The molecule has 2 amide bonds. The lowest BCUT2D eigenvalue weighted by Crippen LogP contribution is -2.35. The van der Waals surface area contributed by atoms with Crippen molar-refractivity contribution in [1.82, 2.24) is 15.3 Å². The van der Waals surface area contributed by atoms with Crippen molar-refractivity contribution in [2.75, 3.05) is 25.6 Å². The maximum Gasteiger partial charge on any atom is 0.320 e. The molecule has 122 valence electrons. The number of aromatic nitrogens is 2. The van der Waals surface area contributed by atoms with Crippen LogP contribution < -0.4 is 15.4 Å². The number of rotatable bonds is 7. The zero-order valence-electron chi connectivity index (χ0n) is 13.2. The number of hydrogen-bond acceptors (Lipinski definition) is 5. The zero-order valence-corrected chi connectivity index (χ0v) is 13.2. The maximum atomic E-state index is 12.1. The molecular formula is C16H20N4O3. The number of carbonyl (C=O) groups is 1. The van der Waals surface area contributed by atoms with Crippen LogP contribution in [0, 0.1) is 0 Å². The van der Waals surface area contributed by atoms with E-state index in [1.165, 1.54) is 6.33 Å². The van der Waals surface area contributed by atoms with Gasteiger partial charge < -0.3 is 14.8 Å². The standard InChI is InChI=1S/C16H20N4O3/c1-3-23-13-6-4-12(5-7-13)14(10-22-2)19-16(21)20-15-8-9-17-11-18-15/h4-9,11,14H,3,10H2,1-2H3,(H2,17,18,19,20,21). The van der Waals surface area contributed by atoms with Gasteiger partial charge in [0.25, 0.3) is 0 Å². The highest BCUT2D eigenvalue weighted by molar-refractivity contribution is 5.88. The fourth-order valence-corrected chi connectivity index (χ4v) is 2.03. The Balaban J connectivity index is 2.01. The van der Waals surface area contributed by atoms with Gasteiger partial charge in [0.1, 0.15) is 17.9 Å². The molecule has 1 aromatic carbocycles. The molecule has 0 spiro atoms. The molecule has 23 heavy (non-hydrogen) atoms. The molecule has 1 unspecified atom stereocenters. The Hall–Kier alpha value is -2.67. The topological polar surface area (TPSA) is 85.4 Å². The minimum Gasteiger partial charge on any atom is -0.494 e. The number of nitrogens with one attached hydrogen (secondary N) is 2. The third-order valence-electron chi connectivity index (χ3n) is 3.06. The highest BCUT2D eigenvalue weighted by atomic mass is 16.5. The van der Waals surface area contributed by atoms with Crippen molar-refractivity contribution >= 4 is 11.8 Å². The molecule has 7 heteroatoms. The van der Waals surface area contributed by atoms with Crippen molar-refractivity contribution < 1.29 is 14.3 Å². The van der Waals surface area contributed by atoms with E-state index in [-0.39, 0.29) is 12.1 Å². The molecule has 1 aromatic heterocycles. The van der Waals surface area contributed by atoms with Crippen LogP contribution in [0.4, 0.5) is 10.6 Å². The fourth-order valence-electron chi connectivity index (χ4n) is 2.03. The smallest absolute Gasteiger partial charge is 0.320 e. The average molecular weight is 316 g/mol. The predicted octanol–water partition coefficient (Wildman–Crippen LogP) is 2.38. The van der Waals surface area contributed by atoms with Crippen molar-refractivity contribution in [3.05, 3.63) is 48.4 Å². The van der Waals surface area contributed by atoms with Gasteiger partial charge in [-0.25, -0.2) is 14.8 Å². The summed E-state index contributed by atoms with van der Waals surface area (Å²) in [5.41, 5.74) is 0.924.